The lowest BCUT2D eigenvalue weighted by atomic mass is 10.0. The quantitative estimate of drug-likeness (QED) is 0.466. The number of hydrogen-bond acceptors (Lipinski definition) is 3. The number of hydrogen-bond donors (Lipinski definition) is 1. The minimum atomic E-state index is -4.48. The average Bonchev–Trinajstić information content (AvgIpc) is 2.66. The van der Waals surface area contributed by atoms with Gasteiger partial charge < -0.3 is 10.5 Å². The van der Waals surface area contributed by atoms with Crippen molar-refractivity contribution in [1.29, 1.82) is 0 Å². The molecule has 2 aromatic rings. The third-order valence-electron chi connectivity index (χ3n) is 4.63. The molecule has 0 aliphatic carbocycles. The number of aromatic nitrogens is 1. The van der Waals surface area contributed by atoms with Gasteiger partial charge in [0.05, 0.1) is 17.9 Å². The maximum atomic E-state index is 13.5. The van der Waals surface area contributed by atoms with Gasteiger partial charge in [-0.2, -0.15) is 13.2 Å². The highest BCUT2D eigenvalue weighted by Crippen LogP contribution is 2.39. The van der Waals surface area contributed by atoms with E-state index in [1.165, 1.54) is 18.9 Å². The summed E-state index contributed by atoms with van der Waals surface area (Å²) >= 11 is 0. The average molecular weight is 394 g/mol. The summed E-state index contributed by atoms with van der Waals surface area (Å²) in [7, 11) is 0. The number of benzene rings is 1. The number of unbranched alkanes of at least 4 members (excludes halogenated alkanes) is 5. The monoisotopic (exact) mass is 394 g/mol. The van der Waals surface area contributed by atoms with E-state index in [4.69, 9.17) is 10.5 Å². The molecular weight excluding hydrogens is 365 g/mol. The molecule has 1 heterocycles. The largest absolute Gasteiger partial charge is 0.493 e. The number of ether oxygens (including phenoxy) is 1. The van der Waals surface area contributed by atoms with Crippen molar-refractivity contribution in [3.63, 3.8) is 0 Å². The van der Waals surface area contributed by atoms with E-state index < -0.39 is 11.7 Å². The number of pyridine rings is 1. The summed E-state index contributed by atoms with van der Waals surface area (Å²) < 4.78 is 46.0. The van der Waals surface area contributed by atoms with E-state index in [0.717, 1.165) is 31.7 Å². The van der Waals surface area contributed by atoms with E-state index >= 15 is 0 Å². The van der Waals surface area contributed by atoms with Gasteiger partial charge in [-0.05, 0) is 37.1 Å². The van der Waals surface area contributed by atoms with E-state index in [9.17, 15) is 13.2 Å². The molecule has 1 atom stereocenters. The zero-order valence-corrected chi connectivity index (χ0v) is 16.6. The molecule has 0 saturated heterocycles. The molecule has 0 aliphatic heterocycles. The minimum absolute atomic E-state index is 0.120. The Kier molecular flexibility index (Phi) is 8.30. The molecule has 1 aromatic carbocycles. The third kappa shape index (κ3) is 6.51. The lowest BCUT2D eigenvalue weighted by molar-refractivity contribution is -0.138. The standard InChI is InChI=1S/C22H29F3N2O/c1-3-4-5-6-7-8-13-28-21-12-10-17(14-19(21)22(23,24)25)18-9-11-20(16(2)26)27-15-18/h9-12,14-16H,3-8,13,26H2,1-2H3. The van der Waals surface area contributed by atoms with Crippen LogP contribution in [0.5, 0.6) is 5.75 Å². The topological polar surface area (TPSA) is 48.1 Å². The van der Waals surface area contributed by atoms with Gasteiger partial charge in [-0.15, -0.1) is 0 Å². The number of nitrogens with two attached hydrogens (primary N) is 1. The summed E-state index contributed by atoms with van der Waals surface area (Å²) in [6.07, 6.45) is 3.41. The lowest BCUT2D eigenvalue weighted by Gasteiger charge is -2.16. The zero-order valence-electron chi connectivity index (χ0n) is 16.6. The molecule has 0 saturated carbocycles. The van der Waals surface area contributed by atoms with Gasteiger partial charge in [0.15, 0.2) is 0 Å². The van der Waals surface area contributed by atoms with Crippen LogP contribution in [0.2, 0.25) is 0 Å². The second-order valence-electron chi connectivity index (χ2n) is 7.09. The van der Waals surface area contributed by atoms with Gasteiger partial charge in [0.1, 0.15) is 5.75 Å². The number of rotatable bonds is 10. The smallest absolute Gasteiger partial charge is 0.419 e. The van der Waals surface area contributed by atoms with Crippen LogP contribution in [-0.2, 0) is 6.18 Å². The molecule has 3 nitrogen and oxygen atoms in total. The van der Waals surface area contributed by atoms with E-state index in [0.29, 0.717) is 23.4 Å². The van der Waals surface area contributed by atoms with Gasteiger partial charge in [0.25, 0.3) is 0 Å². The van der Waals surface area contributed by atoms with Gasteiger partial charge in [-0.3, -0.25) is 4.98 Å². The molecule has 28 heavy (non-hydrogen) atoms. The van der Waals surface area contributed by atoms with Crippen LogP contribution < -0.4 is 10.5 Å². The molecule has 154 valence electrons. The Morgan fingerprint density at radius 3 is 2.29 bits per heavy atom. The number of alkyl halides is 3. The maximum Gasteiger partial charge on any atom is 0.419 e. The Labute approximate surface area is 165 Å². The molecule has 0 spiro atoms. The molecule has 0 radical (unpaired) electrons. The lowest BCUT2D eigenvalue weighted by Crippen LogP contribution is -2.10. The zero-order chi connectivity index (χ0) is 20.6. The van der Waals surface area contributed by atoms with Crippen LogP contribution >= 0.6 is 0 Å². The second-order valence-corrected chi connectivity index (χ2v) is 7.09. The molecule has 0 amide bonds. The number of halogens is 3. The first-order valence-electron chi connectivity index (χ1n) is 9.89. The first-order chi connectivity index (χ1) is 13.3. The van der Waals surface area contributed by atoms with Crippen molar-refractivity contribution in [1.82, 2.24) is 4.98 Å². The highest BCUT2D eigenvalue weighted by atomic mass is 19.4. The van der Waals surface area contributed by atoms with Crippen LogP contribution in [0.15, 0.2) is 36.5 Å². The maximum absolute atomic E-state index is 13.5. The Morgan fingerprint density at radius 2 is 1.68 bits per heavy atom. The fourth-order valence-electron chi connectivity index (χ4n) is 2.97. The predicted molar refractivity (Wildman–Crippen MR) is 106 cm³/mol. The SMILES string of the molecule is CCCCCCCCOc1ccc(-c2ccc(C(C)N)nc2)cc1C(F)(F)F. The summed E-state index contributed by atoms with van der Waals surface area (Å²) in [5.74, 6) is -0.120. The Balaban J connectivity index is 2.08. The van der Waals surface area contributed by atoms with Crippen LogP contribution in [0.1, 0.15) is 69.7 Å². The first-order valence-corrected chi connectivity index (χ1v) is 9.89. The Hall–Kier alpha value is -2.08. The van der Waals surface area contributed by atoms with Crippen molar-refractivity contribution in [2.45, 2.75) is 64.6 Å². The molecule has 2 rings (SSSR count). The summed E-state index contributed by atoms with van der Waals surface area (Å²) in [6.45, 7) is 4.24. The van der Waals surface area contributed by atoms with Crippen LogP contribution in [-0.4, -0.2) is 11.6 Å². The summed E-state index contributed by atoms with van der Waals surface area (Å²) in [6, 6.07) is 7.40. The molecule has 1 unspecified atom stereocenters. The van der Waals surface area contributed by atoms with Crippen LogP contribution in [0.4, 0.5) is 13.2 Å². The fraction of sp³-hybridized carbons (Fsp3) is 0.500. The van der Waals surface area contributed by atoms with Gasteiger partial charge in [0, 0.05) is 17.8 Å². The van der Waals surface area contributed by atoms with E-state index in [2.05, 4.69) is 11.9 Å². The van der Waals surface area contributed by atoms with E-state index in [1.807, 2.05) is 0 Å². The summed E-state index contributed by atoms with van der Waals surface area (Å²) in [5, 5.41) is 0. The highest BCUT2D eigenvalue weighted by molar-refractivity contribution is 5.65. The molecule has 0 fully saturated rings. The molecule has 6 heteroatoms. The van der Waals surface area contributed by atoms with Crippen molar-refractivity contribution in [3.05, 3.63) is 47.8 Å². The van der Waals surface area contributed by atoms with Crippen LogP contribution in [0, 0.1) is 0 Å². The summed E-state index contributed by atoms with van der Waals surface area (Å²) in [4.78, 5) is 4.22. The van der Waals surface area contributed by atoms with Crippen LogP contribution in [0.25, 0.3) is 11.1 Å². The molecular formula is C22H29F3N2O. The van der Waals surface area contributed by atoms with Crippen molar-refractivity contribution in [3.8, 4) is 16.9 Å². The molecule has 0 bridgehead atoms. The minimum Gasteiger partial charge on any atom is -0.493 e. The van der Waals surface area contributed by atoms with Gasteiger partial charge >= 0.3 is 6.18 Å². The fourth-order valence-corrected chi connectivity index (χ4v) is 2.97. The first kappa shape index (κ1) is 22.2. The van der Waals surface area contributed by atoms with Crippen LogP contribution in [0.3, 0.4) is 0 Å². The van der Waals surface area contributed by atoms with Gasteiger partial charge in [0.2, 0.25) is 0 Å². The summed E-state index contributed by atoms with van der Waals surface area (Å²) in [5.41, 5.74) is 6.76. The highest BCUT2D eigenvalue weighted by Gasteiger charge is 2.34. The molecule has 1 aromatic heterocycles. The number of nitrogens with zero attached hydrogens (tertiary/aromatic N) is 1. The van der Waals surface area contributed by atoms with Crippen molar-refractivity contribution in [2.24, 2.45) is 5.73 Å². The second kappa shape index (κ2) is 10.5. The van der Waals surface area contributed by atoms with E-state index in [1.54, 1.807) is 31.3 Å². The predicted octanol–water partition coefficient (Wildman–Crippen LogP) is 6.53. The van der Waals surface area contributed by atoms with Gasteiger partial charge in [-0.25, -0.2) is 0 Å². The van der Waals surface area contributed by atoms with Gasteiger partial charge in [-0.1, -0.05) is 51.2 Å². The van der Waals surface area contributed by atoms with Crippen molar-refractivity contribution in [2.75, 3.05) is 6.61 Å². The van der Waals surface area contributed by atoms with Crippen molar-refractivity contribution < 1.29 is 17.9 Å². The Bertz CT molecular complexity index is 728. The van der Waals surface area contributed by atoms with E-state index in [-0.39, 0.29) is 11.8 Å². The molecule has 2 N–H and O–H groups in total. The Morgan fingerprint density at radius 1 is 1.00 bits per heavy atom. The van der Waals surface area contributed by atoms with Crippen molar-refractivity contribution >= 4 is 0 Å². The third-order valence-corrected chi connectivity index (χ3v) is 4.63. The molecule has 0 aliphatic rings. The normalized spacial score (nSPS) is 12.8.